The Balaban J connectivity index is 0.000000479. The summed E-state index contributed by atoms with van der Waals surface area (Å²) in [5, 5.41) is 2.75. The Morgan fingerprint density at radius 1 is 1.27 bits per heavy atom. The van der Waals surface area contributed by atoms with Crippen LogP contribution in [0, 0.1) is 18.2 Å². The number of nitrogens with one attached hydrogen (secondary N) is 1. The number of hydrogen-bond acceptors (Lipinski definition) is 6. The van der Waals surface area contributed by atoms with Crippen LogP contribution >= 0.6 is 11.8 Å². The summed E-state index contributed by atoms with van der Waals surface area (Å²) in [7, 11) is 1.82. The molecule has 0 spiro atoms. The summed E-state index contributed by atoms with van der Waals surface area (Å²) >= 11 is 1.46. The van der Waals surface area contributed by atoms with Crippen LogP contribution in [0.4, 0.5) is 15.9 Å². The summed E-state index contributed by atoms with van der Waals surface area (Å²) in [5.74, 6) is 0.707. The van der Waals surface area contributed by atoms with Crippen LogP contribution in [0.25, 0.3) is 0 Å². The molecule has 3 rings (SSSR count). The van der Waals surface area contributed by atoms with Crippen LogP contribution in [0.5, 0.6) is 5.75 Å². The molecule has 1 aromatic heterocycles. The van der Waals surface area contributed by atoms with Crippen molar-refractivity contribution in [3.05, 3.63) is 47.4 Å². The first-order chi connectivity index (χ1) is 15.5. The largest absolute Gasteiger partial charge is 0.485 e. The van der Waals surface area contributed by atoms with Crippen LogP contribution in [0.15, 0.2) is 30.3 Å². The number of aldehydes is 1. The van der Waals surface area contributed by atoms with Gasteiger partial charge in [-0.25, -0.2) is 9.37 Å². The highest BCUT2D eigenvalue weighted by Crippen LogP contribution is 2.37. The maximum absolute atomic E-state index is 13.2. The summed E-state index contributed by atoms with van der Waals surface area (Å²) < 4.78 is 19.3. The number of aryl methyl sites for hydroxylation is 1. The number of nitrogens with zero attached hydrogens (tertiary/aromatic N) is 2. The number of amides is 1. The Bertz CT molecular complexity index is 961. The minimum atomic E-state index is -0.344. The van der Waals surface area contributed by atoms with E-state index < -0.39 is 0 Å². The lowest BCUT2D eigenvalue weighted by molar-refractivity contribution is -0.119. The second kappa shape index (κ2) is 11.5. The highest BCUT2D eigenvalue weighted by Gasteiger charge is 2.37. The summed E-state index contributed by atoms with van der Waals surface area (Å²) in [6.07, 6.45) is 3.22. The minimum Gasteiger partial charge on any atom is -0.485 e. The molecule has 1 aromatic carbocycles. The van der Waals surface area contributed by atoms with Gasteiger partial charge in [0.2, 0.25) is 5.91 Å². The van der Waals surface area contributed by atoms with Gasteiger partial charge in [-0.3, -0.25) is 9.69 Å². The number of carbonyl (C=O) groups is 2. The van der Waals surface area contributed by atoms with Crippen molar-refractivity contribution in [2.45, 2.75) is 58.9 Å². The highest BCUT2D eigenvalue weighted by molar-refractivity contribution is 8.00. The van der Waals surface area contributed by atoms with E-state index in [1.807, 2.05) is 54.0 Å². The standard InChI is InChI=1S/C19H22FN3O2S.C6H12O/c1-11-15(21-3)9-16-18(22-11)23(10-13-5-7-14(20)8-6-13)19(24)17(26-4)12(2)25-16;1-6(2,3)4-5-7/h5-9,12,17,21H,10H2,1-4H3;5H,4H2,1-3H3. The van der Waals surface area contributed by atoms with Crippen LogP contribution in [0.3, 0.4) is 0 Å². The fourth-order valence-electron chi connectivity index (χ4n) is 3.30. The number of anilines is 2. The molecule has 2 unspecified atom stereocenters. The normalized spacial score (nSPS) is 17.8. The molecule has 0 radical (unpaired) electrons. The maximum atomic E-state index is 13.2. The van der Waals surface area contributed by atoms with Crippen molar-refractivity contribution in [1.82, 2.24) is 4.98 Å². The molecule has 2 atom stereocenters. The molecule has 2 aromatic rings. The van der Waals surface area contributed by atoms with E-state index in [0.717, 1.165) is 23.2 Å². The van der Waals surface area contributed by atoms with Crippen LogP contribution < -0.4 is 15.0 Å². The number of ether oxygens (including phenoxy) is 1. The number of aromatic nitrogens is 1. The van der Waals surface area contributed by atoms with E-state index in [-0.39, 0.29) is 28.5 Å². The average molecular weight is 476 g/mol. The minimum absolute atomic E-state index is 0.0582. The van der Waals surface area contributed by atoms with Gasteiger partial charge in [-0.15, -0.1) is 11.8 Å². The number of halogens is 1. The molecule has 180 valence electrons. The van der Waals surface area contributed by atoms with Crippen LogP contribution in [-0.4, -0.2) is 41.8 Å². The zero-order valence-electron chi connectivity index (χ0n) is 20.4. The zero-order valence-corrected chi connectivity index (χ0v) is 21.3. The molecule has 0 aliphatic carbocycles. The third-order valence-electron chi connectivity index (χ3n) is 5.14. The zero-order chi connectivity index (χ0) is 24.8. The van der Waals surface area contributed by atoms with Crippen molar-refractivity contribution < 1.29 is 18.7 Å². The first-order valence-electron chi connectivity index (χ1n) is 10.9. The van der Waals surface area contributed by atoms with Gasteiger partial charge in [0, 0.05) is 19.5 Å². The van der Waals surface area contributed by atoms with E-state index in [9.17, 15) is 14.0 Å². The molecule has 8 heteroatoms. The Kier molecular flexibility index (Phi) is 9.28. The van der Waals surface area contributed by atoms with Gasteiger partial charge >= 0.3 is 0 Å². The van der Waals surface area contributed by atoms with E-state index in [1.54, 1.807) is 17.0 Å². The number of pyridine rings is 1. The highest BCUT2D eigenvalue weighted by atomic mass is 32.2. The number of carbonyl (C=O) groups excluding carboxylic acids is 2. The Morgan fingerprint density at radius 2 is 1.91 bits per heavy atom. The molecule has 1 aliphatic rings. The third kappa shape index (κ3) is 7.19. The smallest absolute Gasteiger partial charge is 0.245 e. The van der Waals surface area contributed by atoms with Crippen molar-refractivity contribution in [2.75, 3.05) is 23.5 Å². The lowest BCUT2D eigenvalue weighted by Crippen LogP contribution is -2.41. The molecule has 0 saturated carbocycles. The van der Waals surface area contributed by atoms with Gasteiger partial charge in [-0.2, -0.15) is 0 Å². The first kappa shape index (κ1) is 26.6. The molecule has 2 heterocycles. The molecule has 1 N–H and O–H groups in total. The molecular weight excluding hydrogens is 441 g/mol. The first-order valence-corrected chi connectivity index (χ1v) is 12.2. The summed E-state index contributed by atoms with van der Waals surface area (Å²) in [4.78, 5) is 29.3. The quantitative estimate of drug-likeness (QED) is 0.597. The fraction of sp³-hybridized carbons (Fsp3) is 0.480. The van der Waals surface area contributed by atoms with E-state index >= 15 is 0 Å². The third-order valence-corrected chi connectivity index (χ3v) is 6.23. The molecule has 0 fully saturated rings. The van der Waals surface area contributed by atoms with E-state index in [2.05, 4.69) is 10.3 Å². The predicted octanol–water partition coefficient (Wildman–Crippen LogP) is 5.24. The van der Waals surface area contributed by atoms with Crippen molar-refractivity contribution in [2.24, 2.45) is 5.41 Å². The summed E-state index contributed by atoms with van der Waals surface area (Å²) in [5.41, 5.74) is 2.65. The SMILES string of the molecule is CC(C)(C)CC=O.CNc1cc2c(nc1C)N(Cc1ccc(F)cc1)C(=O)C(SC)C(C)O2. The molecule has 33 heavy (non-hydrogen) atoms. The molecule has 1 aliphatic heterocycles. The van der Waals surface area contributed by atoms with E-state index in [4.69, 9.17) is 4.74 Å². The average Bonchev–Trinajstić information content (AvgIpc) is 2.83. The van der Waals surface area contributed by atoms with Crippen molar-refractivity contribution in [3.8, 4) is 5.75 Å². The van der Waals surface area contributed by atoms with E-state index in [0.29, 0.717) is 24.5 Å². The summed E-state index contributed by atoms with van der Waals surface area (Å²) in [6, 6.07) is 8.03. The Labute approximate surface area is 200 Å². The number of rotatable bonds is 5. The van der Waals surface area contributed by atoms with Crippen LogP contribution in [0.1, 0.15) is 45.4 Å². The number of hydrogen-bond donors (Lipinski definition) is 1. The van der Waals surface area contributed by atoms with Gasteiger partial charge in [-0.05, 0) is 43.2 Å². The van der Waals surface area contributed by atoms with Crippen molar-refractivity contribution in [3.63, 3.8) is 0 Å². The van der Waals surface area contributed by atoms with Gasteiger partial charge in [0.1, 0.15) is 23.5 Å². The lowest BCUT2D eigenvalue weighted by atomic mass is 9.93. The molecular formula is C25H34FN3O3S. The number of benzene rings is 1. The monoisotopic (exact) mass is 475 g/mol. The van der Waals surface area contributed by atoms with Gasteiger partial charge in [-0.1, -0.05) is 32.9 Å². The van der Waals surface area contributed by atoms with Crippen LogP contribution in [0.2, 0.25) is 0 Å². The molecule has 6 nitrogen and oxygen atoms in total. The lowest BCUT2D eigenvalue weighted by Gasteiger charge is -2.24. The molecule has 0 saturated heterocycles. The van der Waals surface area contributed by atoms with Gasteiger partial charge in [0.25, 0.3) is 0 Å². The van der Waals surface area contributed by atoms with Gasteiger partial charge in [0.15, 0.2) is 11.6 Å². The topological polar surface area (TPSA) is 71.5 Å². The molecule has 0 bridgehead atoms. The second-order valence-corrected chi connectivity index (χ2v) is 10.1. The van der Waals surface area contributed by atoms with Crippen molar-refractivity contribution >= 4 is 35.5 Å². The Morgan fingerprint density at radius 3 is 2.39 bits per heavy atom. The molecule has 1 amide bonds. The Hall–Kier alpha value is -2.61. The van der Waals surface area contributed by atoms with Gasteiger partial charge < -0.3 is 14.8 Å². The summed E-state index contributed by atoms with van der Waals surface area (Å²) in [6.45, 7) is 10.2. The maximum Gasteiger partial charge on any atom is 0.245 e. The van der Waals surface area contributed by atoms with Crippen molar-refractivity contribution in [1.29, 1.82) is 0 Å². The van der Waals surface area contributed by atoms with E-state index in [1.165, 1.54) is 23.9 Å². The predicted molar refractivity (Wildman–Crippen MR) is 134 cm³/mol. The number of fused-ring (bicyclic) bond motifs is 1. The van der Waals surface area contributed by atoms with Crippen LogP contribution in [-0.2, 0) is 16.1 Å². The second-order valence-electron chi connectivity index (χ2n) is 9.15. The fourth-order valence-corrected chi connectivity index (χ4v) is 4.06. The number of thioether (sulfide) groups is 1. The van der Waals surface area contributed by atoms with Gasteiger partial charge in [0.05, 0.1) is 17.9 Å².